The molecule has 2 heteroatoms. The third-order valence-corrected chi connectivity index (χ3v) is 5.04. The van der Waals surface area contributed by atoms with Crippen LogP contribution in [0.5, 0.6) is 0 Å². The first-order valence-corrected chi connectivity index (χ1v) is 8.17. The first kappa shape index (κ1) is 14.0. The van der Waals surface area contributed by atoms with Gasteiger partial charge in [-0.05, 0) is 48.1 Å². The van der Waals surface area contributed by atoms with E-state index >= 15 is 0 Å². The second-order valence-corrected chi connectivity index (χ2v) is 6.89. The quantitative estimate of drug-likeness (QED) is 0.802. The van der Waals surface area contributed by atoms with Gasteiger partial charge in [-0.25, -0.2) is 0 Å². The smallest absolute Gasteiger partial charge is 0.0323 e. The Balaban J connectivity index is 1.97. The molecule has 1 aromatic carbocycles. The summed E-state index contributed by atoms with van der Waals surface area (Å²) in [5, 5.41) is 0. The van der Waals surface area contributed by atoms with Crippen molar-refractivity contribution in [2.75, 3.05) is 5.75 Å². The first-order valence-electron chi connectivity index (χ1n) is 7.19. The summed E-state index contributed by atoms with van der Waals surface area (Å²) in [5.74, 6) is 2.72. The normalized spacial score (nSPS) is 25.9. The molecule has 1 aliphatic rings. The van der Waals surface area contributed by atoms with Crippen LogP contribution in [0.4, 0.5) is 0 Å². The van der Waals surface area contributed by atoms with Gasteiger partial charge in [0.15, 0.2) is 0 Å². The second kappa shape index (κ2) is 6.63. The third kappa shape index (κ3) is 3.52. The second-order valence-electron chi connectivity index (χ2n) is 5.55. The molecule has 0 amide bonds. The van der Waals surface area contributed by atoms with E-state index in [1.807, 2.05) is 11.8 Å². The fourth-order valence-corrected chi connectivity index (χ4v) is 3.53. The van der Waals surface area contributed by atoms with Crippen molar-refractivity contribution in [1.29, 1.82) is 0 Å². The lowest BCUT2D eigenvalue weighted by Gasteiger charge is -2.30. The van der Waals surface area contributed by atoms with Crippen LogP contribution in [0.25, 0.3) is 0 Å². The Morgan fingerprint density at radius 1 is 1.17 bits per heavy atom. The standard InChI is InChI=1S/C16H25NS/c1-3-18-15-10-8-14(9-11-15)16(17)13-6-4-12(2)5-7-13/h8-13,16H,3-7,17H2,1-2H3. The van der Waals surface area contributed by atoms with Gasteiger partial charge in [0.2, 0.25) is 0 Å². The molecular formula is C16H25NS. The van der Waals surface area contributed by atoms with Crippen LogP contribution in [0.2, 0.25) is 0 Å². The average molecular weight is 263 g/mol. The Bertz CT molecular complexity index is 352. The van der Waals surface area contributed by atoms with Gasteiger partial charge in [0, 0.05) is 10.9 Å². The molecular weight excluding hydrogens is 238 g/mol. The number of thioether (sulfide) groups is 1. The average Bonchev–Trinajstić information content (AvgIpc) is 2.40. The zero-order valence-corrected chi connectivity index (χ0v) is 12.4. The van der Waals surface area contributed by atoms with Crippen molar-refractivity contribution in [1.82, 2.24) is 0 Å². The summed E-state index contributed by atoms with van der Waals surface area (Å²) in [6.45, 7) is 4.55. The lowest BCUT2D eigenvalue weighted by molar-refractivity contribution is 0.256. The Morgan fingerprint density at radius 2 is 1.78 bits per heavy atom. The highest BCUT2D eigenvalue weighted by Crippen LogP contribution is 2.35. The minimum atomic E-state index is 0.234. The number of nitrogens with two attached hydrogens (primary N) is 1. The van der Waals surface area contributed by atoms with Crippen LogP contribution in [-0.2, 0) is 0 Å². The van der Waals surface area contributed by atoms with E-state index in [-0.39, 0.29) is 6.04 Å². The van der Waals surface area contributed by atoms with E-state index in [0.29, 0.717) is 5.92 Å². The Morgan fingerprint density at radius 3 is 2.33 bits per heavy atom. The molecule has 1 unspecified atom stereocenters. The van der Waals surface area contributed by atoms with Crippen LogP contribution in [0.15, 0.2) is 29.2 Å². The molecule has 2 rings (SSSR count). The molecule has 1 atom stereocenters. The largest absolute Gasteiger partial charge is 0.324 e. The van der Waals surface area contributed by atoms with E-state index in [0.717, 1.165) is 11.7 Å². The zero-order valence-electron chi connectivity index (χ0n) is 11.6. The minimum absolute atomic E-state index is 0.234. The maximum Gasteiger partial charge on any atom is 0.0323 e. The molecule has 1 fully saturated rings. The van der Waals surface area contributed by atoms with Crippen molar-refractivity contribution in [3.63, 3.8) is 0 Å². The third-order valence-electron chi connectivity index (χ3n) is 4.14. The van der Waals surface area contributed by atoms with Crippen molar-refractivity contribution >= 4 is 11.8 Å². The van der Waals surface area contributed by atoms with E-state index in [1.54, 1.807) is 0 Å². The van der Waals surface area contributed by atoms with E-state index in [9.17, 15) is 0 Å². The molecule has 0 heterocycles. The fourth-order valence-electron chi connectivity index (χ4n) is 2.87. The monoisotopic (exact) mass is 263 g/mol. The van der Waals surface area contributed by atoms with Gasteiger partial charge in [0.05, 0.1) is 0 Å². The van der Waals surface area contributed by atoms with Crippen LogP contribution >= 0.6 is 11.8 Å². The van der Waals surface area contributed by atoms with Crippen molar-refractivity contribution in [3.8, 4) is 0 Å². The molecule has 1 aromatic rings. The predicted octanol–water partition coefficient (Wildman–Crippen LogP) is 4.62. The van der Waals surface area contributed by atoms with E-state index < -0.39 is 0 Å². The van der Waals surface area contributed by atoms with Gasteiger partial charge in [-0.3, -0.25) is 0 Å². The highest BCUT2D eigenvalue weighted by Gasteiger charge is 2.24. The number of benzene rings is 1. The SMILES string of the molecule is CCSc1ccc(C(N)C2CCC(C)CC2)cc1. The Kier molecular flexibility index (Phi) is 5.13. The summed E-state index contributed by atoms with van der Waals surface area (Å²) < 4.78 is 0. The van der Waals surface area contributed by atoms with Crippen molar-refractivity contribution in [3.05, 3.63) is 29.8 Å². The molecule has 100 valence electrons. The highest BCUT2D eigenvalue weighted by atomic mass is 32.2. The molecule has 0 bridgehead atoms. The molecule has 0 aromatic heterocycles. The van der Waals surface area contributed by atoms with Gasteiger partial charge in [0.1, 0.15) is 0 Å². The molecule has 0 spiro atoms. The molecule has 0 radical (unpaired) electrons. The summed E-state index contributed by atoms with van der Waals surface area (Å²) in [6, 6.07) is 9.11. The van der Waals surface area contributed by atoms with Gasteiger partial charge >= 0.3 is 0 Å². The Labute approximate surface area is 116 Å². The molecule has 1 saturated carbocycles. The summed E-state index contributed by atoms with van der Waals surface area (Å²) in [7, 11) is 0. The zero-order chi connectivity index (χ0) is 13.0. The van der Waals surface area contributed by atoms with E-state index in [4.69, 9.17) is 5.73 Å². The number of hydrogen-bond acceptors (Lipinski definition) is 2. The van der Waals surface area contributed by atoms with Crippen LogP contribution < -0.4 is 5.73 Å². The van der Waals surface area contributed by atoms with Crippen LogP contribution in [-0.4, -0.2) is 5.75 Å². The molecule has 0 aliphatic heterocycles. The van der Waals surface area contributed by atoms with Crippen molar-refractivity contribution in [2.45, 2.75) is 50.5 Å². The lowest BCUT2D eigenvalue weighted by atomic mass is 9.78. The van der Waals surface area contributed by atoms with Crippen molar-refractivity contribution in [2.24, 2.45) is 17.6 Å². The molecule has 1 nitrogen and oxygen atoms in total. The molecule has 2 N–H and O–H groups in total. The van der Waals surface area contributed by atoms with Crippen molar-refractivity contribution < 1.29 is 0 Å². The summed E-state index contributed by atoms with van der Waals surface area (Å²) in [5.41, 5.74) is 7.75. The highest BCUT2D eigenvalue weighted by molar-refractivity contribution is 7.99. The van der Waals surface area contributed by atoms with Gasteiger partial charge < -0.3 is 5.73 Å². The Hall–Kier alpha value is -0.470. The number of rotatable bonds is 4. The van der Waals surface area contributed by atoms with Gasteiger partial charge in [-0.15, -0.1) is 11.8 Å². The first-order chi connectivity index (χ1) is 8.70. The summed E-state index contributed by atoms with van der Waals surface area (Å²) >= 11 is 1.89. The van der Waals surface area contributed by atoms with Crippen LogP contribution in [0.1, 0.15) is 51.1 Å². The summed E-state index contributed by atoms with van der Waals surface area (Å²) in [4.78, 5) is 1.35. The lowest BCUT2D eigenvalue weighted by Crippen LogP contribution is -2.25. The topological polar surface area (TPSA) is 26.0 Å². The van der Waals surface area contributed by atoms with Gasteiger partial charge in [-0.2, -0.15) is 0 Å². The van der Waals surface area contributed by atoms with Crippen LogP contribution in [0.3, 0.4) is 0 Å². The number of hydrogen-bond donors (Lipinski definition) is 1. The van der Waals surface area contributed by atoms with E-state index in [2.05, 4.69) is 38.1 Å². The molecule has 18 heavy (non-hydrogen) atoms. The minimum Gasteiger partial charge on any atom is -0.324 e. The maximum atomic E-state index is 6.43. The van der Waals surface area contributed by atoms with Gasteiger partial charge in [0.25, 0.3) is 0 Å². The molecule has 1 aliphatic carbocycles. The van der Waals surface area contributed by atoms with E-state index in [1.165, 1.54) is 36.1 Å². The summed E-state index contributed by atoms with van der Waals surface area (Å²) in [6.07, 6.45) is 5.30. The predicted molar refractivity (Wildman–Crippen MR) is 80.9 cm³/mol. The van der Waals surface area contributed by atoms with Crippen LogP contribution in [0, 0.1) is 11.8 Å². The molecule has 0 saturated heterocycles. The fraction of sp³-hybridized carbons (Fsp3) is 0.625. The van der Waals surface area contributed by atoms with Gasteiger partial charge in [-0.1, -0.05) is 38.8 Å². The maximum absolute atomic E-state index is 6.43.